The number of hydrogen-bond acceptors (Lipinski definition) is 3. The summed E-state index contributed by atoms with van der Waals surface area (Å²) in [5.74, 6) is 0. The van der Waals surface area contributed by atoms with Crippen LogP contribution in [0, 0.1) is 6.92 Å². The molecule has 1 aromatic carbocycles. The van der Waals surface area contributed by atoms with Crippen LogP contribution in [0.2, 0.25) is 0 Å². The van der Waals surface area contributed by atoms with E-state index >= 15 is 0 Å². The zero-order valence-corrected chi connectivity index (χ0v) is 15.2. The Morgan fingerprint density at radius 2 is 1.92 bits per heavy atom. The lowest BCUT2D eigenvalue weighted by Crippen LogP contribution is -2.14. The largest absolute Gasteiger partial charge is 0.293 e. The van der Waals surface area contributed by atoms with Crippen LogP contribution in [0.15, 0.2) is 47.4 Å². The molecule has 0 bridgehead atoms. The summed E-state index contributed by atoms with van der Waals surface area (Å²) in [7, 11) is 0. The summed E-state index contributed by atoms with van der Waals surface area (Å²) in [6.45, 7) is 6.83. The van der Waals surface area contributed by atoms with Crippen LogP contribution in [0.4, 0.5) is 0 Å². The molecule has 3 aromatic heterocycles. The fourth-order valence-corrected chi connectivity index (χ4v) is 3.32. The Kier molecular flexibility index (Phi) is 3.95. The summed E-state index contributed by atoms with van der Waals surface area (Å²) < 4.78 is 3.39. The first kappa shape index (κ1) is 16.3. The summed E-state index contributed by atoms with van der Waals surface area (Å²) >= 11 is 0. The molecular weight excluding hydrogens is 326 g/mol. The first-order valence-corrected chi connectivity index (χ1v) is 8.86. The van der Waals surface area contributed by atoms with Gasteiger partial charge in [0.2, 0.25) is 0 Å². The highest BCUT2D eigenvalue weighted by molar-refractivity contribution is 5.81. The van der Waals surface area contributed by atoms with Crippen molar-refractivity contribution in [3.05, 3.63) is 64.3 Å². The predicted molar refractivity (Wildman–Crippen MR) is 102 cm³/mol. The zero-order valence-electron chi connectivity index (χ0n) is 15.2. The number of nitrogens with zero attached hydrogens (tertiary/aromatic N) is 4. The summed E-state index contributed by atoms with van der Waals surface area (Å²) in [6.07, 6.45) is 2.73. The molecule has 4 rings (SSSR count). The Bertz CT molecular complexity index is 1130. The molecule has 0 aliphatic rings. The molecule has 132 valence electrons. The van der Waals surface area contributed by atoms with Crippen LogP contribution in [0.5, 0.6) is 0 Å². The quantitative estimate of drug-likeness (QED) is 0.615. The third kappa shape index (κ3) is 2.54. The molecular formula is C20H21N5O. The Labute approximate surface area is 151 Å². The number of hydrogen-bond donors (Lipinski definition) is 1. The van der Waals surface area contributed by atoms with E-state index in [0.29, 0.717) is 11.3 Å². The number of nitrogens with one attached hydrogen (secondary N) is 1. The number of aryl methyl sites for hydroxylation is 3. The fourth-order valence-electron chi connectivity index (χ4n) is 3.32. The lowest BCUT2D eigenvalue weighted by molar-refractivity contribution is 0.653. The van der Waals surface area contributed by atoms with Crippen molar-refractivity contribution in [1.82, 2.24) is 24.4 Å². The maximum atomic E-state index is 12.7. The summed E-state index contributed by atoms with van der Waals surface area (Å²) in [5, 5.41) is 7.69. The molecule has 26 heavy (non-hydrogen) atoms. The standard InChI is InChI=1S/C20H21N5O/c1-4-16-19(14-9-7-6-8-10-14)20-21-17(11-18(26)25(20)23-16)15-12-24(5-2)22-13(15)3/h6-12,23H,4-5H2,1-3H3. The first-order chi connectivity index (χ1) is 12.6. The third-order valence-electron chi connectivity index (χ3n) is 4.65. The van der Waals surface area contributed by atoms with Crippen molar-refractivity contribution in [1.29, 1.82) is 0 Å². The minimum Gasteiger partial charge on any atom is -0.293 e. The molecule has 0 aliphatic carbocycles. The lowest BCUT2D eigenvalue weighted by atomic mass is 10.0. The highest BCUT2D eigenvalue weighted by atomic mass is 16.1. The molecule has 1 N–H and O–H groups in total. The van der Waals surface area contributed by atoms with Gasteiger partial charge >= 0.3 is 0 Å². The average Bonchev–Trinajstić information content (AvgIpc) is 3.22. The molecule has 0 unspecified atom stereocenters. The normalized spacial score (nSPS) is 11.3. The highest BCUT2D eigenvalue weighted by Crippen LogP contribution is 2.29. The van der Waals surface area contributed by atoms with Crippen molar-refractivity contribution >= 4 is 5.65 Å². The fraction of sp³-hybridized carbons (Fsp3) is 0.250. The van der Waals surface area contributed by atoms with Gasteiger partial charge in [0, 0.05) is 35.6 Å². The van der Waals surface area contributed by atoms with Crippen LogP contribution in [0.25, 0.3) is 28.0 Å². The highest BCUT2D eigenvalue weighted by Gasteiger charge is 2.18. The molecule has 0 aliphatic heterocycles. The predicted octanol–water partition coefficient (Wildman–Crippen LogP) is 3.44. The molecule has 6 heteroatoms. The Morgan fingerprint density at radius 1 is 1.15 bits per heavy atom. The number of aromatic amines is 1. The smallest absolute Gasteiger partial charge is 0.273 e. The zero-order chi connectivity index (χ0) is 18.3. The molecule has 0 amide bonds. The second-order valence-electron chi connectivity index (χ2n) is 6.31. The minimum atomic E-state index is -0.120. The second kappa shape index (κ2) is 6.29. The van der Waals surface area contributed by atoms with Crippen molar-refractivity contribution in [3.8, 4) is 22.4 Å². The Balaban J connectivity index is 2.02. The van der Waals surface area contributed by atoms with Crippen LogP contribution in [-0.4, -0.2) is 24.4 Å². The average molecular weight is 347 g/mol. The van der Waals surface area contributed by atoms with Crippen LogP contribution in [0.1, 0.15) is 25.2 Å². The molecule has 0 saturated carbocycles. The van der Waals surface area contributed by atoms with Gasteiger partial charge < -0.3 is 0 Å². The van der Waals surface area contributed by atoms with Gasteiger partial charge in [-0.1, -0.05) is 37.3 Å². The minimum absolute atomic E-state index is 0.120. The van der Waals surface area contributed by atoms with Gasteiger partial charge in [-0.25, -0.2) is 9.50 Å². The van der Waals surface area contributed by atoms with Gasteiger partial charge in [0.1, 0.15) is 0 Å². The van der Waals surface area contributed by atoms with Crippen molar-refractivity contribution in [2.75, 3.05) is 0 Å². The van der Waals surface area contributed by atoms with Gasteiger partial charge in [0.25, 0.3) is 5.56 Å². The number of aromatic nitrogens is 5. The monoisotopic (exact) mass is 347 g/mol. The maximum absolute atomic E-state index is 12.7. The summed E-state index contributed by atoms with van der Waals surface area (Å²) in [4.78, 5) is 17.6. The van der Waals surface area contributed by atoms with Crippen LogP contribution < -0.4 is 5.56 Å². The second-order valence-corrected chi connectivity index (χ2v) is 6.31. The SMILES string of the molecule is CCc1[nH]n2c(=O)cc(-c3cn(CC)nc3C)nc2c1-c1ccccc1. The molecule has 0 saturated heterocycles. The number of H-pyrrole nitrogens is 1. The van der Waals surface area contributed by atoms with Gasteiger partial charge in [-0.2, -0.15) is 5.10 Å². The van der Waals surface area contributed by atoms with Crippen LogP contribution in [-0.2, 0) is 13.0 Å². The van der Waals surface area contributed by atoms with Gasteiger partial charge in [-0.05, 0) is 25.8 Å². The molecule has 0 fully saturated rings. The molecule has 0 atom stereocenters. The lowest BCUT2D eigenvalue weighted by Gasteiger charge is -2.03. The van der Waals surface area contributed by atoms with E-state index in [-0.39, 0.29) is 5.56 Å². The van der Waals surface area contributed by atoms with E-state index in [9.17, 15) is 4.79 Å². The molecule has 0 radical (unpaired) electrons. The number of rotatable bonds is 4. The molecule has 6 nitrogen and oxygen atoms in total. The van der Waals surface area contributed by atoms with Gasteiger partial charge in [0.05, 0.1) is 11.4 Å². The van der Waals surface area contributed by atoms with E-state index in [0.717, 1.165) is 41.0 Å². The van der Waals surface area contributed by atoms with Gasteiger partial charge in [0.15, 0.2) is 5.65 Å². The first-order valence-electron chi connectivity index (χ1n) is 8.86. The molecule has 3 heterocycles. The summed E-state index contributed by atoms with van der Waals surface area (Å²) in [6, 6.07) is 11.6. The third-order valence-corrected chi connectivity index (χ3v) is 4.65. The van der Waals surface area contributed by atoms with E-state index in [1.165, 1.54) is 4.52 Å². The number of benzene rings is 1. The summed E-state index contributed by atoms with van der Waals surface area (Å²) in [5.41, 5.74) is 5.98. The van der Waals surface area contributed by atoms with E-state index in [1.54, 1.807) is 6.07 Å². The van der Waals surface area contributed by atoms with Gasteiger partial charge in [-0.3, -0.25) is 14.6 Å². The molecule has 4 aromatic rings. The van der Waals surface area contributed by atoms with Crippen molar-refractivity contribution in [2.24, 2.45) is 0 Å². The van der Waals surface area contributed by atoms with E-state index in [1.807, 2.05) is 55.1 Å². The van der Waals surface area contributed by atoms with E-state index in [2.05, 4.69) is 17.1 Å². The molecule has 0 spiro atoms. The van der Waals surface area contributed by atoms with E-state index < -0.39 is 0 Å². The van der Waals surface area contributed by atoms with Crippen LogP contribution in [0.3, 0.4) is 0 Å². The topological polar surface area (TPSA) is 68.0 Å². The van der Waals surface area contributed by atoms with E-state index in [4.69, 9.17) is 4.98 Å². The van der Waals surface area contributed by atoms with Crippen molar-refractivity contribution in [2.45, 2.75) is 33.7 Å². The Morgan fingerprint density at radius 3 is 2.58 bits per heavy atom. The van der Waals surface area contributed by atoms with Crippen molar-refractivity contribution in [3.63, 3.8) is 0 Å². The Hall–Kier alpha value is -3.15. The number of fused-ring (bicyclic) bond motifs is 1. The van der Waals surface area contributed by atoms with Crippen LogP contribution >= 0.6 is 0 Å². The maximum Gasteiger partial charge on any atom is 0.273 e. The van der Waals surface area contributed by atoms with Crippen molar-refractivity contribution < 1.29 is 0 Å². The van der Waals surface area contributed by atoms with Gasteiger partial charge in [-0.15, -0.1) is 0 Å².